The number of benzene rings is 1. The van der Waals surface area contributed by atoms with Crippen molar-refractivity contribution in [2.24, 2.45) is 7.05 Å². The quantitative estimate of drug-likeness (QED) is 0.289. The smallest absolute Gasteiger partial charge is 0.434 e. The summed E-state index contributed by atoms with van der Waals surface area (Å²) in [5.41, 5.74) is 3.96. The molecule has 1 saturated carbocycles. The molecule has 6 rings (SSSR count). The number of methoxy groups -OCH3 is 1. The maximum absolute atomic E-state index is 13.1. The third kappa shape index (κ3) is 4.17. The lowest BCUT2D eigenvalue weighted by Crippen LogP contribution is -2.04. The molecule has 1 aliphatic rings. The Kier molecular flexibility index (Phi) is 5.66. The van der Waals surface area contributed by atoms with Gasteiger partial charge in [-0.3, -0.25) is 0 Å². The van der Waals surface area contributed by atoms with Crippen LogP contribution in [0.4, 0.5) is 13.2 Å². The summed E-state index contributed by atoms with van der Waals surface area (Å²) in [6.45, 7) is 2.06. The van der Waals surface area contributed by atoms with Crippen LogP contribution >= 0.6 is 0 Å². The van der Waals surface area contributed by atoms with Crippen LogP contribution in [-0.2, 0) is 13.2 Å². The summed E-state index contributed by atoms with van der Waals surface area (Å²) in [4.78, 5) is 17.5. The fourth-order valence-corrected chi connectivity index (χ4v) is 4.76. The van der Waals surface area contributed by atoms with Gasteiger partial charge in [-0.15, -0.1) is 5.10 Å². The van der Waals surface area contributed by atoms with Crippen LogP contribution < -0.4 is 4.74 Å². The average molecular weight is 520 g/mol. The Bertz CT molecular complexity index is 1640. The minimum absolute atomic E-state index is 0.0614. The normalized spacial score (nSPS) is 14.7. The van der Waals surface area contributed by atoms with Crippen molar-refractivity contribution >= 4 is 5.65 Å². The molecule has 1 fully saturated rings. The van der Waals surface area contributed by atoms with Crippen LogP contribution in [0.15, 0.2) is 55.1 Å². The molecule has 0 aliphatic heterocycles. The molecule has 0 spiro atoms. The van der Waals surface area contributed by atoms with Crippen molar-refractivity contribution in [3.63, 3.8) is 0 Å². The van der Waals surface area contributed by atoms with Gasteiger partial charge in [0.25, 0.3) is 0 Å². The lowest BCUT2D eigenvalue weighted by Gasteiger charge is -2.13. The molecule has 1 aromatic carbocycles. The van der Waals surface area contributed by atoms with Gasteiger partial charge in [-0.25, -0.2) is 24.5 Å². The van der Waals surface area contributed by atoms with Crippen molar-refractivity contribution in [3.8, 4) is 28.7 Å². The SMILES string of the molecule is COc1ncnc(C2CC2)c1-c1nc2c(C(C)c3ccc(-c4nc(C(F)(F)F)cn4C)cc3)cccn2n1. The summed E-state index contributed by atoms with van der Waals surface area (Å²) >= 11 is 0. The molecule has 4 heterocycles. The molecule has 1 aliphatic carbocycles. The van der Waals surface area contributed by atoms with Gasteiger partial charge in [0.05, 0.1) is 12.8 Å². The van der Waals surface area contributed by atoms with E-state index >= 15 is 0 Å². The summed E-state index contributed by atoms with van der Waals surface area (Å²) in [6, 6.07) is 11.3. The number of fused-ring (bicyclic) bond motifs is 1. The maximum Gasteiger partial charge on any atom is 0.434 e. The van der Waals surface area contributed by atoms with E-state index in [4.69, 9.17) is 14.8 Å². The summed E-state index contributed by atoms with van der Waals surface area (Å²) in [5, 5.41) is 4.73. The number of rotatable bonds is 6. The molecule has 0 saturated heterocycles. The van der Waals surface area contributed by atoms with E-state index in [0.29, 0.717) is 28.8 Å². The first-order valence-corrected chi connectivity index (χ1v) is 12.2. The van der Waals surface area contributed by atoms with E-state index in [9.17, 15) is 13.2 Å². The van der Waals surface area contributed by atoms with E-state index < -0.39 is 11.9 Å². The molecule has 0 bridgehead atoms. The molecule has 8 nitrogen and oxygen atoms in total. The van der Waals surface area contributed by atoms with Crippen LogP contribution in [-0.4, -0.2) is 41.2 Å². The van der Waals surface area contributed by atoms with E-state index in [1.807, 2.05) is 30.5 Å². The van der Waals surface area contributed by atoms with Gasteiger partial charge in [-0.2, -0.15) is 13.2 Å². The topological polar surface area (TPSA) is 83.0 Å². The Morgan fingerprint density at radius 2 is 1.82 bits per heavy atom. The van der Waals surface area contributed by atoms with Gasteiger partial charge in [0.1, 0.15) is 17.7 Å². The molecule has 194 valence electrons. The molecule has 5 aromatic rings. The van der Waals surface area contributed by atoms with Gasteiger partial charge < -0.3 is 9.30 Å². The Balaban J connectivity index is 1.35. The van der Waals surface area contributed by atoms with Crippen molar-refractivity contribution in [3.05, 3.63) is 77.6 Å². The number of hydrogen-bond acceptors (Lipinski definition) is 6. The highest BCUT2D eigenvalue weighted by Gasteiger charge is 2.35. The fourth-order valence-electron chi connectivity index (χ4n) is 4.76. The predicted molar refractivity (Wildman–Crippen MR) is 134 cm³/mol. The minimum Gasteiger partial charge on any atom is -0.480 e. The minimum atomic E-state index is -4.49. The highest BCUT2D eigenvalue weighted by Crippen LogP contribution is 2.45. The number of aromatic nitrogens is 7. The lowest BCUT2D eigenvalue weighted by molar-refractivity contribution is -0.140. The molecular formula is C27H24F3N7O. The number of halogens is 3. The molecule has 1 atom stereocenters. The van der Waals surface area contributed by atoms with Crippen molar-refractivity contribution in [1.29, 1.82) is 0 Å². The second kappa shape index (κ2) is 8.93. The molecule has 0 radical (unpaired) electrons. The monoisotopic (exact) mass is 519 g/mol. The number of pyridine rings is 1. The zero-order valence-corrected chi connectivity index (χ0v) is 20.9. The number of ether oxygens (including phenoxy) is 1. The van der Waals surface area contributed by atoms with Gasteiger partial charge >= 0.3 is 6.18 Å². The Morgan fingerprint density at radius 1 is 1.05 bits per heavy atom. The van der Waals surface area contributed by atoms with Crippen LogP contribution in [0.3, 0.4) is 0 Å². The highest BCUT2D eigenvalue weighted by atomic mass is 19.4. The molecule has 38 heavy (non-hydrogen) atoms. The van der Waals surface area contributed by atoms with Crippen LogP contribution in [0, 0.1) is 0 Å². The van der Waals surface area contributed by atoms with Crippen LogP contribution in [0.1, 0.15) is 54.1 Å². The Hall–Kier alpha value is -4.28. The second-order valence-electron chi connectivity index (χ2n) is 9.49. The van der Waals surface area contributed by atoms with E-state index in [-0.39, 0.29) is 11.7 Å². The first kappa shape index (κ1) is 24.1. The summed E-state index contributed by atoms with van der Waals surface area (Å²) in [7, 11) is 3.13. The van der Waals surface area contributed by atoms with Crippen LogP contribution in [0.25, 0.3) is 28.4 Å². The first-order chi connectivity index (χ1) is 18.2. The third-order valence-corrected chi connectivity index (χ3v) is 6.92. The van der Waals surface area contributed by atoms with Crippen LogP contribution in [0.5, 0.6) is 5.88 Å². The molecule has 0 N–H and O–H groups in total. The number of aryl methyl sites for hydroxylation is 1. The second-order valence-corrected chi connectivity index (χ2v) is 9.49. The predicted octanol–water partition coefficient (Wildman–Crippen LogP) is 5.64. The van der Waals surface area contributed by atoms with E-state index in [1.165, 1.54) is 10.9 Å². The number of nitrogens with zero attached hydrogens (tertiary/aromatic N) is 7. The Labute approximate surface area is 216 Å². The van der Waals surface area contributed by atoms with Gasteiger partial charge in [0, 0.05) is 42.4 Å². The first-order valence-electron chi connectivity index (χ1n) is 12.2. The van der Waals surface area contributed by atoms with Gasteiger partial charge in [0.2, 0.25) is 5.88 Å². The summed E-state index contributed by atoms with van der Waals surface area (Å²) < 4.78 is 47.9. The van der Waals surface area contributed by atoms with Gasteiger partial charge in [0.15, 0.2) is 17.2 Å². The van der Waals surface area contributed by atoms with E-state index in [2.05, 4.69) is 21.9 Å². The van der Waals surface area contributed by atoms with Crippen molar-refractivity contribution in [1.82, 2.24) is 34.1 Å². The van der Waals surface area contributed by atoms with Crippen LogP contribution in [0.2, 0.25) is 0 Å². The Morgan fingerprint density at radius 3 is 2.47 bits per heavy atom. The van der Waals surface area contributed by atoms with Crippen molar-refractivity contribution in [2.75, 3.05) is 7.11 Å². The molecule has 11 heteroatoms. The zero-order chi connectivity index (χ0) is 26.6. The van der Waals surface area contributed by atoms with Gasteiger partial charge in [-0.05, 0) is 24.5 Å². The van der Waals surface area contributed by atoms with Gasteiger partial charge in [-0.1, -0.05) is 37.3 Å². The average Bonchev–Trinajstić information content (AvgIpc) is 3.54. The number of imidazole rings is 1. The largest absolute Gasteiger partial charge is 0.480 e. The van der Waals surface area contributed by atoms with E-state index in [1.54, 1.807) is 30.8 Å². The molecule has 1 unspecified atom stereocenters. The summed E-state index contributed by atoms with van der Waals surface area (Å²) in [5.74, 6) is 1.51. The number of alkyl halides is 3. The highest BCUT2D eigenvalue weighted by molar-refractivity contribution is 5.69. The fraction of sp³-hybridized carbons (Fsp3) is 0.296. The zero-order valence-electron chi connectivity index (χ0n) is 20.9. The maximum atomic E-state index is 13.1. The molecule has 0 amide bonds. The third-order valence-electron chi connectivity index (χ3n) is 6.92. The lowest BCUT2D eigenvalue weighted by atomic mass is 9.93. The molecular weight excluding hydrogens is 495 g/mol. The standard InChI is InChI=1S/C27H24F3N7O/c1-15(16-6-10-18(11-7-16)24-33-20(13-36(24)2)27(28,29)30)19-5-4-12-37-25(19)34-23(35-37)21-22(17-8-9-17)31-14-32-26(21)38-3/h4-7,10-15,17H,8-9H2,1-3H3. The number of hydrogen-bond donors (Lipinski definition) is 0. The molecule has 4 aromatic heterocycles. The van der Waals surface area contributed by atoms with E-state index in [0.717, 1.165) is 41.4 Å². The van der Waals surface area contributed by atoms with Crippen molar-refractivity contribution in [2.45, 2.75) is 37.8 Å². The van der Waals surface area contributed by atoms with Crippen molar-refractivity contribution < 1.29 is 17.9 Å². The summed E-state index contributed by atoms with van der Waals surface area (Å²) in [6.07, 6.45) is 1.99.